The SMILES string of the molecule is Cc1ccc(C)c(C2CCCN2CC(O)CN2CCCC2=O)c1. The van der Waals surface area contributed by atoms with Crippen LogP contribution in [0.3, 0.4) is 0 Å². The van der Waals surface area contributed by atoms with Gasteiger partial charge in [0.15, 0.2) is 0 Å². The van der Waals surface area contributed by atoms with Gasteiger partial charge in [-0.05, 0) is 50.8 Å². The zero-order valence-corrected chi connectivity index (χ0v) is 14.3. The monoisotopic (exact) mass is 316 g/mol. The Balaban J connectivity index is 1.64. The number of hydrogen-bond acceptors (Lipinski definition) is 3. The quantitative estimate of drug-likeness (QED) is 0.907. The predicted octanol–water partition coefficient (Wildman–Crippen LogP) is 2.42. The van der Waals surface area contributed by atoms with Gasteiger partial charge in [0.1, 0.15) is 0 Å². The Morgan fingerprint density at radius 1 is 1.22 bits per heavy atom. The van der Waals surface area contributed by atoms with Crippen molar-refractivity contribution in [3.8, 4) is 0 Å². The first-order valence-corrected chi connectivity index (χ1v) is 8.81. The van der Waals surface area contributed by atoms with Crippen molar-refractivity contribution >= 4 is 5.91 Å². The molecule has 0 spiro atoms. The van der Waals surface area contributed by atoms with Gasteiger partial charge in [-0.1, -0.05) is 23.8 Å². The number of aryl methyl sites for hydroxylation is 2. The Labute approximate surface area is 139 Å². The standard InChI is InChI=1S/C19H28N2O2/c1-14-7-8-15(2)17(11-14)18-5-3-9-20(18)12-16(22)13-21-10-4-6-19(21)23/h7-8,11,16,18,22H,3-6,9-10,12-13H2,1-2H3. The van der Waals surface area contributed by atoms with Crippen LogP contribution in [0.1, 0.15) is 48.4 Å². The van der Waals surface area contributed by atoms with Crippen LogP contribution in [0.2, 0.25) is 0 Å². The van der Waals surface area contributed by atoms with Crippen molar-refractivity contribution in [1.29, 1.82) is 0 Å². The largest absolute Gasteiger partial charge is 0.390 e. The summed E-state index contributed by atoms with van der Waals surface area (Å²) in [7, 11) is 0. The Hall–Kier alpha value is -1.39. The molecule has 3 rings (SSSR count). The third kappa shape index (κ3) is 3.75. The lowest BCUT2D eigenvalue weighted by molar-refractivity contribution is -0.129. The molecule has 0 aliphatic carbocycles. The highest BCUT2D eigenvalue weighted by Gasteiger charge is 2.30. The fourth-order valence-corrected chi connectivity index (χ4v) is 4.00. The van der Waals surface area contributed by atoms with Crippen LogP contribution in [0.4, 0.5) is 0 Å². The van der Waals surface area contributed by atoms with E-state index in [1.165, 1.54) is 23.1 Å². The molecule has 2 saturated heterocycles. The number of amides is 1. The highest BCUT2D eigenvalue weighted by atomic mass is 16.3. The molecule has 1 aromatic rings. The van der Waals surface area contributed by atoms with Crippen LogP contribution >= 0.6 is 0 Å². The number of β-amino-alcohol motifs (C(OH)–C–C–N with tert-alkyl or cyclic N) is 1. The Bertz CT molecular complexity index is 572. The van der Waals surface area contributed by atoms with Gasteiger partial charge in [0.2, 0.25) is 5.91 Å². The highest BCUT2D eigenvalue weighted by Crippen LogP contribution is 2.34. The van der Waals surface area contributed by atoms with Crippen molar-refractivity contribution in [2.45, 2.75) is 51.7 Å². The summed E-state index contributed by atoms with van der Waals surface area (Å²) in [4.78, 5) is 15.9. The van der Waals surface area contributed by atoms with Crippen molar-refractivity contribution in [3.63, 3.8) is 0 Å². The summed E-state index contributed by atoms with van der Waals surface area (Å²) in [5.41, 5.74) is 4.02. The molecule has 2 aliphatic heterocycles. The molecule has 0 bridgehead atoms. The van der Waals surface area contributed by atoms with Crippen LogP contribution < -0.4 is 0 Å². The van der Waals surface area contributed by atoms with Crippen LogP contribution in [0.5, 0.6) is 0 Å². The molecular formula is C19H28N2O2. The number of carbonyl (C=O) groups excluding carboxylic acids is 1. The van der Waals surface area contributed by atoms with Crippen molar-refractivity contribution in [1.82, 2.24) is 9.80 Å². The van der Waals surface area contributed by atoms with Gasteiger partial charge < -0.3 is 10.0 Å². The van der Waals surface area contributed by atoms with Gasteiger partial charge in [-0.15, -0.1) is 0 Å². The molecule has 4 heteroatoms. The molecule has 0 aromatic heterocycles. The van der Waals surface area contributed by atoms with Crippen molar-refractivity contribution in [2.24, 2.45) is 0 Å². The van der Waals surface area contributed by atoms with Gasteiger partial charge in [0.05, 0.1) is 6.10 Å². The highest BCUT2D eigenvalue weighted by molar-refractivity contribution is 5.78. The van der Waals surface area contributed by atoms with Crippen LogP contribution in [0, 0.1) is 13.8 Å². The van der Waals surface area contributed by atoms with Gasteiger partial charge in [0, 0.05) is 32.1 Å². The zero-order valence-electron chi connectivity index (χ0n) is 14.3. The number of aliphatic hydroxyl groups is 1. The van der Waals surface area contributed by atoms with E-state index in [9.17, 15) is 9.90 Å². The normalized spacial score (nSPS) is 23.7. The molecule has 2 fully saturated rings. The van der Waals surface area contributed by atoms with Crippen molar-refractivity contribution in [2.75, 3.05) is 26.2 Å². The number of likely N-dealkylation sites (tertiary alicyclic amines) is 2. The molecule has 2 unspecified atom stereocenters. The molecule has 2 heterocycles. The van der Waals surface area contributed by atoms with E-state index in [1.807, 2.05) is 4.90 Å². The molecule has 0 saturated carbocycles. The van der Waals surface area contributed by atoms with Gasteiger partial charge in [-0.3, -0.25) is 9.69 Å². The summed E-state index contributed by atoms with van der Waals surface area (Å²) >= 11 is 0. The number of rotatable bonds is 5. The van der Waals surface area contributed by atoms with Crippen molar-refractivity contribution < 1.29 is 9.90 Å². The molecule has 126 valence electrons. The van der Waals surface area contributed by atoms with E-state index in [0.29, 0.717) is 25.6 Å². The fraction of sp³-hybridized carbons (Fsp3) is 0.632. The second-order valence-electron chi connectivity index (χ2n) is 7.11. The smallest absolute Gasteiger partial charge is 0.222 e. The average Bonchev–Trinajstić information content (AvgIpc) is 3.11. The maximum Gasteiger partial charge on any atom is 0.222 e. The summed E-state index contributed by atoms with van der Waals surface area (Å²) in [6.07, 6.45) is 3.44. The predicted molar refractivity (Wildman–Crippen MR) is 91.3 cm³/mol. The molecule has 1 N–H and O–H groups in total. The molecule has 2 aliphatic rings. The lowest BCUT2D eigenvalue weighted by Crippen LogP contribution is -2.40. The minimum atomic E-state index is -0.456. The van der Waals surface area contributed by atoms with Gasteiger partial charge >= 0.3 is 0 Å². The summed E-state index contributed by atoms with van der Waals surface area (Å²) < 4.78 is 0. The molecule has 1 amide bonds. The van der Waals surface area contributed by atoms with E-state index in [-0.39, 0.29) is 5.91 Å². The lowest BCUT2D eigenvalue weighted by Gasteiger charge is -2.30. The maximum atomic E-state index is 11.7. The van der Waals surface area contributed by atoms with Gasteiger partial charge in [-0.25, -0.2) is 0 Å². The van der Waals surface area contributed by atoms with Crippen LogP contribution in [-0.2, 0) is 4.79 Å². The topological polar surface area (TPSA) is 43.8 Å². The van der Waals surface area contributed by atoms with Crippen LogP contribution in [0.25, 0.3) is 0 Å². The summed E-state index contributed by atoms with van der Waals surface area (Å²) in [5.74, 6) is 0.191. The number of nitrogens with zero attached hydrogens (tertiary/aromatic N) is 2. The number of carbonyl (C=O) groups is 1. The van der Waals surface area contributed by atoms with E-state index in [2.05, 4.69) is 36.9 Å². The molecule has 4 nitrogen and oxygen atoms in total. The molecule has 23 heavy (non-hydrogen) atoms. The lowest BCUT2D eigenvalue weighted by atomic mass is 9.97. The van der Waals surface area contributed by atoms with Crippen LogP contribution in [-0.4, -0.2) is 53.1 Å². The van der Waals surface area contributed by atoms with E-state index in [0.717, 1.165) is 25.9 Å². The van der Waals surface area contributed by atoms with Gasteiger partial charge in [0.25, 0.3) is 0 Å². The molecule has 0 radical (unpaired) electrons. The first-order chi connectivity index (χ1) is 11.0. The van der Waals surface area contributed by atoms with E-state index in [4.69, 9.17) is 0 Å². The van der Waals surface area contributed by atoms with E-state index >= 15 is 0 Å². The first-order valence-electron chi connectivity index (χ1n) is 8.81. The molecule has 1 aromatic carbocycles. The summed E-state index contributed by atoms with van der Waals surface area (Å²) in [6, 6.07) is 7.04. The Morgan fingerprint density at radius 2 is 2.04 bits per heavy atom. The first kappa shape index (κ1) is 16.5. The summed E-state index contributed by atoms with van der Waals surface area (Å²) in [6.45, 7) is 7.27. The zero-order chi connectivity index (χ0) is 16.4. The van der Waals surface area contributed by atoms with E-state index < -0.39 is 6.10 Å². The second kappa shape index (κ2) is 7.02. The fourth-order valence-electron chi connectivity index (χ4n) is 4.00. The van der Waals surface area contributed by atoms with E-state index in [1.54, 1.807) is 0 Å². The molecule has 2 atom stereocenters. The Kier molecular flexibility index (Phi) is 5.02. The second-order valence-corrected chi connectivity index (χ2v) is 7.11. The average molecular weight is 316 g/mol. The third-order valence-corrected chi connectivity index (χ3v) is 5.21. The van der Waals surface area contributed by atoms with Crippen molar-refractivity contribution in [3.05, 3.63) is 34.9 Å². The van der Waals surface area contributed by atoms with Gasteiger partial charge in [-0.2, -0.15) is 0 Å². The summed E-state index contributed by atoms with van der Waals surface area (Å²) in [5, 5.41) is 10.4. The third-order valence-electron chi connectivity index (χ3n) is 5.21. The number of benzene rings is 1. The molecular weight excluding hydrogens is 288 g/mol. The minimum Gasteiger partial charge on any atom is -0.390 e. The number of aliphatic hydroxyl groups excluding tert-OH is 1. The van der Waals surface area contributed by atoms with Crippen LogP contribution in [0.15, 0.2) is 18.2 Å². The Morgan fingerprint density at radius 3 is 2.78 bits per heavy atom. The maximum absolute atomic E-state index is 11.7. The number of hydrogen-bond donors (Lipinski definition) is 1. The minimum absolute atomic E-state index is 0.191.